The summed E-state index contributed by atoms with van der Waals surface area (Å²) < 4.78 is 11.7. The predicted octanol–water partition coefficient (Wildman–Crippen LogP) is 13.0. The van der Waals surface area contributed by atoms with Gasteiger partial charge in [0, 0.05) is 26.3 Å². The van der Waals surface area contributed by atoms with Crippen molar-refractivity contribution in [2.45, 2.75) is 194 Å². The third-order valence-electron chi connectivity index (χ3n) is 8.84. The van der Waals surface area contributed by atoms with E-state index < -0.39 is 0 Å². The Kier molecular flexibility index (Phi) is 39.8. The predicted molar refractivity (Wildman–Crippen MR) is 198 cm³/mol. The molecule has 0 rings (SSSR count). The van der Waals surface area contributed by atoms with Gasteiger partial charge in [-0.2, -0.15) is 0 Å². The monoisotopic (exact) mass is 620 g/mol. The van der Waals surface area contributed by atoms with Crippen LogP contribution >= 0.6 is 0 Å². The standard InChI is InChI=1S/C41H81NO2/c1-4-6-8-10-12-14-16-18-20-22-24-26-28-30-32-34-38-43-40-36-42(3)37-41-44-39-35-33-31-29-27-25-23-21-19-17-15-13-11-9-7-5-2/h18-21H,4-17,22-41H2,1-3H3. The van der Waals surface area contributed by atoms with Crippen LogP contribution in [0.5, 0.6) is 0 Å². The van der Waals surface area contributed by atoms with Crippen molar-refractivity contribution in [3.05, 3.63) is 24.3 Å². The topological polar surface area (TPSA) is 21.7 Å². The first kappa shape index (κ1) is 43.4. The van der Waals surface area contributed by atoms with Crippen LogP contribution in [0.1, 0.15) is 194 Å². The van der Waals surface area contributed by atoms with Gasteiger partial charge in [0.05, 0.1) is 13.2 Å². The molecule has 3 nitrogen and oxygen atoms in total. The summed E-state index contributed by atoms with van der Waals surface area (Å²) in [5.41, 5.74) is 0. The normalized spacial score (nSPS) is 12.1. The second kappa shape index (κ2) is 40.4. The molecule has 0 aliphatic rings. The molecule has 0 aromatic heterocycles. The molecule has 44 heavy (non-hydrogen) atoms. The quantitative estimate of drug-likeness (QED) is 0.0507. The second-order valence-electron chi connectivity index (χ2n) is 13.4. The van der Waals surface area contributed by atoms with Crippen LogP contribution in [0.2, 0.25) is 0 Å². The van der Waals surface area contributed by atoms with E-state index in [4.69, 9.17) is 9.47 Å². The fraction of sp³-hybridized carbons (Fsp3) is 0.902. The van der Waals surface area contributed by atoms with Crippen molar-refractivity contribution in [1.82, 2.24) is 4.90 Å². The summed E-state index contributed by atoms with van der Waals surface area (Å²) in [6.07, 6.45) is 47.6. The summed E-state index contributed by atoms with van der Waals surface area (Å²) in [4.78, 5) is 2.34. The van der Waals surface area contributed by atoms with Crippen molar-refractivity contribution in [3.8, 4) is 0 Å². The van der Waals surface area contributed by atoms with Crippen LogP contribution in [0.4, 0.5) is 0 Å². The Labute approximate surface area is 278 Å². The first-order chi connectivity index (χ1) is 21.8. The van der Waals surface area contributed by atoms with Gasteiger partial charge in [0.1, 0.15) is 0 Å². The van der Waals surface area contributed by atoms with Gasteiger partial charge in [-0.25, -0.2) is 0 Å². The molecule has 0 bridgehead atoms. The van der Waals surface area contributed by atoms with Gasteiger partial charge in [0.2, 0.25) is 0 Å². The molecule has 0 saturated carbocycles. The summed E-state index contributed by atoms with van der Waals surface area (Å²) in [7, 11) is 2.18. The maximum absolute atomic E-state index is 5.87. The molecule has 0 atom stereocenters. The lowest BCUT2D eigenvalue weighted by Crippen LogP contribution is -2.27. The lowest BCUT2D eigenvalue weighted by molar-refractivity contribution is 0.0814. The number of hydrogen-bond acceptors (Lipinski definition) is 3. The van der Waals surface area contributed by atoms with Crippen LogP contribution in [0.15, 0.2) is 24.3 Å². The van der Waals surface area contributed by atoms with Gasteiger partial charge in [-0.05, 0) is 71.3 Å². The van der Waals surface area contributed by atoms with Gasteiger partial charge in [-0.1, -0.05) is 154 Å². The summed E-state index contributed by atoms with van der Waals surface area (Å²) in [5, 5.41) is 0. The summed E-state index contributed by atoms with van der Waals surface area (Å²) >= 11 is 0. The molecule has 0 spiro atoms. The molecule has 0 aliphatic carbocycles. The average molecular weight is 620 g/mol. The fourth-order valence-corrected chi connectivity index (χ4v) is 5.66. The highest BCUT2D eigenvalue weighted by Crippen LogP contribution is 2.11. The third kappa shape index (κ3) is 39.4. The van der Waals surface area contributed by atoms with E-state index in [-0.39, 0.29) is 0 Å². The number of rotatable bonds is 38. The molecule has 0 heterocycles. The van der Waals surface area contributed by atoms with Crippen LogP contribution < -0.4 is 0 Å². The van der Waals surface area contributed by atoms with E-state index in [0.29, 0.717) is 0 Å². The van der Waals surface area contributed by atoms with Gasteiger partial charge >= 0.3 is 0 Å². The number of unbranched alkanes of at least 4 members (excludes halogenated alkanes) is 24. The molecule has 0 amide bonds. The van der Waals surface area contributed by atoms with Crippen LogP contribution in [0, 0.1) is 0 Å². The molecule has 0 N–H and O–H groups in total. The van der Waals surface area contributed by atoms with Gasteiger partial charge in [0.25, 0.3) is 0 Å². The van der Waals surface area contributed by atoms with Crippen molar-refractivity contribution >= 4 is 0 Å². The van der Waals surface area contributed by atoms with E-state index in [2.05, 4.69) is 50.1 Å². The van der Waals surface area contributed by atoms with E-state index >= 15 is 0 Å². The van der Waals surface area contributed by atoms with Gasteiger partial charge < -0.3 is 14.4 Å². The van der Waals surface area contributed by atoms with Crippen molar-refractivity contribution in [2.24, 2.45) is 0 Å². The lowest BCUT2D eigenvalue weighted by atomic mass is 10.1. The smallest absolute Gasteiger partial charge is 0.0593 e. The van der Waals surface area contributed by atoms with Crippen molar-refractivity contribution in [2.75, 3.05) is 46.6 Å². The van der Waals surface area contributed by atoms with E-state index in [1.807, 2.05) is 0 Å². The summed E-state index contributed by atoms with van der Waals surface area (Å²) in [6.45, 7) is 10.1. The van der Waals surface area contributed by atoms with E-state index in [0.717, 1.165) is 39.5 Å². The molecular formula is C41H81NO2. The van der Waals surface area contributed by atoms with E-state index in [1.54, 1.807) is 0 Å². The molecule has 0 aliphatic heterocycles. The zero-order valence-corrected chi connectivity index (χ0v) is 30.6. The molecule has 0 aromatic carbocycles. The second-order valence-corrected chi connectivity index (χ2v) is 13.4. The first-order valence-electron chi connectivity index (χ1n) is 19.9. The van der Waals surface area contributed by atoms with Crippen LogP contribution in [0.3, 0.4) is 0 Å². The van der Waals surface area contributed by atoms with E-state index in [9.17, 15) is 0 Å². The number of ether oxygens (including phenoxy) is 2. The maximum atomic E-state index is 5.87. The molecule has 0 radical (unpaired) electrons. The molecule has 262 valence electrons. The molecular weight excluding hydrogens is 538 g/mol. The lowest BCUT2D eigenvalue weighted by Gasteiger charge is -2.16. The third-order valence-corrected chi connectivity index (χ3v) is 8.84. The summed E-state index contributed by atoms with van der Waals surface area (Å²) in [6, 6.07) is 0. The van der Waals surface area contributed by atoms with Crippen molar-refractivity contribution in [1.29, 1.82) is 0 Å². The van der Waals surface area contributed by atoms with Gasteiger partial charge in [-0.15, -0.1) is 0 Å². The Morgan fingerprint density at radius 1 is 0.341 bits per heavy atom. The molecule has 0 fully saturated rings. The van der Waals surface area contributed by atoms with Crippen molar-refractivity contribution < 1.29 is 9.47 Å². The average Bonchev–Trinajstić information content (AvgIpc) is 3.03. The SMILES string of the molecule is CCCCCCCCC=CCCCCCCCCOCCN(C)CCOCCCCCCCCC=CCCCCCCCC. The van der Waals surface area contributed by atoms with Crippen molar-refractivity contribution in [3.63, 3.8) is 0 Å². The molecule has 0 aromatic rings. The number of allylic oxidation sites excluding steroid dienone is 4. The molecule has 0 unspecified atom stereocenters. The fourth-order valence-electron chi connectivity index (χ4n) is 5.66. The Morgan fingerprint density at radius 2 is 0.614 bits per heavy atom. The number of nitrogens with zero attached hydrogens (tertiary/aromatic N) is 1. The van der Waals surface area contributed by atoms with Crippen LogP contribution in [-0.2, 0) is 9.47 Å². The minimum Gasteiger partial charge on any atom is -0.380 e. The highest BCUT2D eigenvalue weighted by atomic mass is 16.5. The van der Waals surface area contributed by atoms with Gasteiger partial charge in [-0.3, -0.25) is 0 Å². The highest BCUT2D eigenvalue weighted by Gasteiger charge is 1.99. The Morgan fingerprint density at radius 3 is 0.932 bits per heavy atom. The molecule has 3 heteroatoms. The summed E-state index contributed by atoms with van der Waals surface area (Å²) in [5.74, 6) is 0. The minimum absolute atomic E-state index is 0.844. The minimum atomic E-state index is 0.844. The molecule has 0 saturated heterocycles. The number of likely N-dealkylation sites (N-methyl/N-ethyl adjacent to an activating group) is 1. The zero-order valence-electron chi connectivity index (χ0n) is 30.6. The Balaban J connectivity index is 3.20. The van der Waals surface area contributed by atoms with Crippen LogP contribution in [-0.4, -0.2) is 51.5 Å². The van der Waals surface area contributed by atoms with Crippen LogP contribution in [0.25, 0.3) is 0 Å². The largest absolute Gasteiger partial charge is 0.380 e. The van der Waals surface area contributed by atoms with E-state index in [1.165, 1.54) is 180 Å². The highest BCUT2D eigenvalue weighted by molar-refractivity contribution is 4.82. The first-order valence-corrected chi connectivity index (χ1v) is 19.9. The number of hydrogen-bond donors (Lipinski definition) is 0. The van der Waals surface area contributed by atoms with Gasteiger partial charge in [0.15, 0.2) is 0 Å². The zero-order chi connectivity index (χ0) is 31.9. The Bertz CT molecular complexity index is 513. The Hall–Kier alpha value is -0.640. The maximum Gasteiger partial charge on any atom is 0.0593 e.